The standard InChI is InChI=1S/C15H19N3OS/c1-10-9-20-15(17-10)7-13(18-16)12-6-11-4-2-3-5-14(11)19-8-12/h2-5,9,12-13,18H,6-8,16H2,1H3. The molecule has 0 spiro atoms. The number of nitrogens with two attached hydrogens (primary N) is 1. The average Bonchev–Trinajstić information content (AvgIpc) is 2.89. The SMILES string of the molecule is Cc1csc(CC(NN)C2COc3ccccc3C2)n1. The minimum Gasteiger partial charge on any atom is -0.493 e. The van der Waals surface area contributed by atoms with E-state index in [1.54, 1.807) is 11.3 Å². The number of fused-ring (bicyclic) bond motifs is 1. The fourth-order valence-corrected chi connectivity index (χ4v) is 3.49. The lowest BCUT2D eigenvalue weighted by atomic mass is 9.89. The Hall–Kier alpha value is -1.43. The predicted octanol–water partition coefficient (Wildman–Crippen LogP) is 2.08. The third-order valence-electron chi connectivity index (χ3n) is 3.75. The molecule has 2 aromatic rings. The molecule has 2 atom stereocenters. The molecule has 3 rings (SSSR count). The molecule has 1 aliphatic heterocycles. The molecule has 4 nitrogen and oxygen atoms in total. The van der Waals surface area contributed by atoms with Crippen LogP contribution in [0.4, 0.5) is 0 Å². The summed E-state index contributed by atoms with van der Waals surface area (Å²) in [7, 11) is 0. The Kier molecular flexibility index (Phi) is 4.00. The summed E-state index contributed by atoms with van der Waals surface area (Å²) in [6.07, 6.45) is 1.85. The highest BCUT2D eigenvalue weighted by atomic mass is 32.1. The van der Waals surface area contributed by atoms with Crippen molar-refractivity contribution in [2.75, 3.05) is 6.61 Å². The first-order chi connectivity index (χ1) is 9.76. The van der Waals surface area contributed by atoms with E-state index in [0.717, 1.165) is 29.3 Å². The summed E-state index contributed by atoms with van der Waals surface area (Å²) in [6, 6.07) is 8.41. The van der Waals surface area contributed by atoms with Crippen LogP contribution in [-0.4, -0.2) is 17.6 Å². The van der Waals surface area contributed by atoms with Crippen molar-refractivity contribution in [2.24, 2.45) is 11.8 Å². The van der Waals surface area contributed by atoms with Crippen LogP contribution in [0.1, 0.15) is 16.3 Å². The fourth-order valence-electron chi connectivity index (χ4n) is 2.66. The number of ether oxygens (including phenoxy) is 1. The van der Waals surface area contributed by atoms with E-state index in [9.17, 15) is 0 Å². The number of hydrazine groups is 1. The molecule has 0 saturated heterocycles. The van der Waals surface area contributed by atoms with Gasteiger partial charge < -0.3 is 4.74 Å². The van der Waals surface area contributed by atoms with E-state index in [4.69, 9.17) is 10.6 Å². The van der Waals surface area contributed by atoms with Gasteiger partial charge in [0.15, 0.2) is 0 Å². The van der Waals surface area contributed by atoms with Gasteiger partial charge in [-0.25, -0.2) is 4.98 Å². The molecule has 1 aliphatic rings. The zero-order valence-electron chi connectivity index (χ0n) is 11.5. The Balaban J connectivity index is 1.71. The van der Waals surface area contributed by atoms with Crippen LogP contribution < -0.4 is 16.0 Å². The van der Waals surface area contributed by atoms with Gasteiger partial charge in [0.25, 0.3) is 0 Å². The van der Waals surface area contributed by atoms with Crippen LogP contribution in [-0.2, 0) is 12.8 Å². The largest absolute Gasteiger partial charge is 0.493 e. The molecular formula is C15H19N3OS. The molecule has 0 fully saturated rings. The average molecular weight is 289 g/mol. The van der Waals surface area contributed by atoms with Crippen molar-refractivity contribution in [1.82, 2.24) is 10.4 Å². The monoisotopic (exact) mass is 289 g/mol. The summed E-state index contributed by atoms with van der Waals surface area (Å²) in [5.74, 6) is 7.13. The second-order valence-electron chi connectivity index (χ2n) is 5.24. The molecule has 20 heavy (non-hydrogen) atoms. The third-order valence-corrected chi connectivity index (χ3v) is 4.74. The van der Waals surface area contributed by atoms with Crippen molar-refractivity contribution in [3.63, 3.8) is 0 Å². The van der Waals surface area contributed by atoms with Gasteiger partial charge in [-0.15, -0.1) is 11.3 Å². The van der Waals surface area contributed by atoms with Gasteiger partial charge in [-0.05, 0) is 25.0 Å². The maximum absolute atomic E-state index is 5.85. The Morgan fingerprint density at radius 3 is 3.10 bits per heavy atom. The molecule has 0 radical (unpaired) electrons. The van der Waals surface area contributed by atoms with E-state index < -0.39 is 0 Å². The number of aryl methyl sites for hydroxylation is 1. The summed E-state index contributed by atoms with van der Waals surface area (Å²) < 4.78 is 5.85. The summed E-state index contributed by atoms with van der Waals surface area (Å²) in [6.45, 7) is 2.72. The van der Waals surface area contributed by atoms with Crippen LogP contribution >= 0.6 is 11.3 Å². The van der Waals surface area contributed by atoms with E-state index in [0.29, 0.717) is 12.5 Å². The van der Waals surface area contributed by atoms with Crippen molar-refractivity contribution in [2.45, 2.75) is 25.8 Å². The number of nitrogens with one attached hydrogen (secondary N) is 1. The normalized spacial score (nSPS) is 19.2. The first-order valence-corrected chi connectivity index (χ1v) is 7.72. The molecule has 0 aliphatic carbocycles. The second-order valence-corrected chi connectivity index (χ2v) is 6.19. The smallest absolute Gasteiger partial charge is 0.122 e. The number of aromatic nitrogens is 1. The van der Waals surface area contributed by atoms with Gasteiger partial charge in [-0.3, -0.25) is 11.3 Å². The lowest BCUT2D eigenvalue weighted by molar-refractivity contribution is 0.183. The number of hydrogen-bond acceptors (Lipinski definition) is 5. The summed E-state index contributed by atoms with van der Waals surface area (Å²) in [5.41, 5.74) is 5.29. The summed E-state index contributed by atoms with van der Waals surface area (Å²) in [4.78, 5) is 4.52. The van der Waals surface area contributed by atoms with Crippen LogP contribution in [0.25, 0.3) is 0 Å². The van der Waals surface area contributed by atoms with E-state index >= 15 is 0 Å². The lowest BCUT2D eigenvalue weighted by Gasteiger charge is -2.30. The molecule has 5 heteroatoms. The molecule has 1 aromatic heterocycles. The van der Waals surface area contributed by atoms with Crippen molar-refractivity contribution in [3.05, 3.63) is 45.9 Å². The van der Waals surface area contributed by atoms with Gasteiger partial charge in [-0.1, -0.05) is 18.2 Å². The minimum atomic E-state index is 0.189. The van der Waals surface area contributed by atoms with Gasteiger partial charge in [0.05, 0.1) is 11.6 Å². The van der Waals surface area contributed by atoms with E-state index in [-0.39, 0.29) is 6.04 Å². The van der Waals surface area contributed by atoms with Gasteiger partial charge >= 0.3 is 0 Å². The van der Waals surface area contributed by atoms with E-state index in [1.807, 2.05) is 19.1 Å². The first-order valence-electron chi connectivity index (χ1n) is 6.84. The molecule has 0 amide bonds. The first kappa shape index (κ1) is 13.5. The van der Waals surface area contributed by atoms with Gasteiger partial charge in [0, 0.05) is 29.5 Å². The summed E-state index contributed by atoms with van der Waals surface area (Å²) in [5, 5.41) is 3.21. The highest BCUT2D eigenvalue weighted by molar-refractivity contribution is 7.09. The van der Waals surface area contributed by atoms with Crippen molar-refractivity contribution in [1.29, 1.82) is 0 Å². The highest BCUT2D eigenvalue weighted by Gasteiger charge is 2.27. The summed E-state index contributed by atoms with van der Waals surface area (Å²) >= 11 is 1.70. The quantitative estimate of drug-likeness (QED) is 0.668. The van der Waals surface area contributed by atoms with Crippen molar-refractivity contribution < 1.29 is 4.74 Å². The van der Waals surface area contributed by atoms with Crippen LogP contribution in [0.5, 0.6) is 5.75 Å². The number of rotatable bonds is 4. The minimum absolute atomic E-state index is 0.189. The van der Waals surface area contributed by atoms with Crippen LogP contribution in [0.15, 0.2) is 29.6 Å². The van der Waals surface area contributed by atoms with Crippen LogP contribution in [0.3, 0.4) is 0 Å². The molecule has 1 aromatic carbocycles. The molecule has 2 heterocycles. The Bertz CT molecular complexity index is 584. The molecule has 2 unspecified atom stereocenters. The van der Waals surface area contributed by atoms with Crippen molar-refractivity contribution in [3.8, 4) is 5.75 Å². The number of benzene rings is 1. The molecule has 3 N–H and O–H groups in total. The van der Waals surface area contributed by atoms with Crippen LogP contribution in [0.2, 0.25) is 0 Å². The highest BCUT2D eigenvalue weighted by Crippen LogP contribution is 2.29. The van der Waals surface area contributed by atoms with Crippen molar-refractivity contribution >= 4 is 11.3 Å². The Labute approximate surface area is 123 Å². The predicted molar refractivity (Wildman–Crippen MR) is 80.8 cm³/mol. The molecule has 106 valence electrons. The topological polar surface area (TPSA) is 60.2 Å². The van der Waals surface area contributed by atoms with Gasteiger partial charge in [0.1, 0.15) is 5.75 Å². The number of hydrogen-bond donors (Lipinski definition) is 2. The van der Waals surface area contributed by atoms with Gasteiger partial charge in [-0.2, -0.15) is 0 Å². The maximum Gasteiger partial charge on any atom is 0.122 e. The lowest BCUT2D eigenvalue weighted by Crippen LogP contribution is -2.46. The zero-order valence-corrected chi connectivity index (χ0v) is 12.3. The number of nitrogens with zero attached hydrogens (tertiary/aromatic N) is 1. The number of thiazole rings is 1. The van der Waals surface area contributed by atoms with Crippen LogP contribution in [0, 0.1) is 12.8 Å². The molecule has 0 saturated carbocycles. The van der Waals surface area contributed by atoms with Gasteiger partial charge in [0.2, 0.25) is 0 Å². The number of para-hydroxylation sites is 1. The molecular weight excluding hydrogens is 270 g/mol. The zero-order chi connectivity index (χ0) is 13.9. The third kappa shape index (κ3) is 2.85. The fraction of sp³-hybridized carbons (Fsp3) is 0.400. The van der Waals surface area contributed by atoms with E-state index in [1.165, 1.54) is 5.56 Å². The molecule has 0 bridgehead atoms. The Morgan fingerprint density at radius 1 is 1.50 bits per heavy atom. The second kappa shape index (κ2) is 5.91. The van der Waals surface area contributed by atoms with E-state index in [2.05, 4.69) is 27.9 Å². The maximum atomic E-state index is 5.85. The Morgan fingerprint density at radius 2 is 2.35 bits per heavy atom.